The molecule has 0 amide bonds. The highest BCUT2D eigenvalue weighted by Crippen LogP contribution is 2.29. The van der Waals surface area contributed by atoms with E-state index in [1.807, 2.05) is 12.3 Å². The van der Waals surface area contributed by atoms with Crippen LogP contribution in [0, 0.1) is 6.92 Å². The van der Waals surface area contributed by atoms with Crippen molar-refractivity contribution in [3.63, 3.8) is 0 Å². The minimum Gasteiger partial charge on any atom is -0.356 e. The molecule has 0 spiro atoms. The van der Waals surface area contributed by atoms with E-state index >= 15 is 0 Å². The van der Waals surface area contributed by atoms with E-state index in [0.29, 0.717) is 0 Å². The van der Waals surface area contributed by atoms with Crippen LogP contribution in [0.3, 0.4) is 0 Å². The van der Waals surface area contributed by atoms with Gasteiger partial charge in [0.05, 0.1) is 23.2 Å². The Hall–Kier alpha value is -2.34. The van der Waals surface area contributed by atoms with Crippen LogP contribution in [0.15, 0.2) is 35.4 Å². The van der Waals surface area contributed by atoms with Crippen LogP contribution >= 0.6 is 0 Å². The van der Waals surface area contributed by atoms with E-state index in [9.17, 15) is 0 Å². The van der Waals surface area contributed by atoms with Crippen LogP contribution in [0.1, 0.15) is 24.1 Å². The maximum atomic E-state index is 4.86. The predicted molar refractivity (Wildman–Crippen MR) is 106 cm³/mol. The number of piperazine rings is 1. The summed E-state index contributed by atoms with van der Waals surface area (Å²) in [5.74, 6) is 1.18. The van der Waals surface area contributed by atoms with Gasteiger partial charge in [-0.15, -0.1) is 0 Å². The summed E-state index contributed by atoms with van der Waals surface area (Å²) < 4.78 is 2.09. The quantitative estimate of drug-likeness (QED) is 0.792. The number of benzene rings is 1. The number of aromatic nitrogens is 2. The summed E-state index contributed by atoms with van der Waals surface area (Å²) in [6.45, 7) is 8.37. The minimum absolute atomic E-state index is 0.984. The van der Waals surface area contributed by atoms with Crippen molar-refractivity contribution < 1.29 is 0 Å². The zero-order valence-corrected chi connectivity index (χ0v) is 15.8. The Morgan fingerprint density at radius 1 is 0.962 bits per heavy atom. The third kappa shape index (κ3) is 3.46. The maximum absolute atomic E-state index is 4.86. The molecule has 1 aromatic carbocycles. The third-order valence-corrected chi connectivity index (χ3v) is 5.32. The van der Waals surface area contributed by atoms with E-state index in [-0.39, 0.29) is 0 Å². The van der Waals surface area contributed by atoms with Crippen LogP contribution in [0.2, 0.25) is 0 Å². The predicted octanol–water partition coefficient (Wildman–Crippen LogP) is 2.36. The highest BCUT2D eigenvalue weighted by Gasteiger charge is 2.23. The molecule has 1 aromatic heterocycles. The molecule has 0 aliphatic carbocycles. The van der Waals surface area contributed by atoms with E-state index in [4.69, 9.17) is 10.2 Å². The number of hydrogen-bond acceptors (Lipinski definition) is 5. The fourth-order valence-electron chi connectivity index (χ4n) is 3.71. The molecule has 0 saturated carbocycles. The molecule has 6 heteroatoms. The molecule has 0 unspecified atom stereocenters. The number of anilines is 1. The second-order valence-electron chi connectivity index (χ2n) is 7.27. The number of hydrogen-bond donors (Lipinski definition) is 0. The number of nitrogens with zero attached hydrogens (tertiary/aromatic N) is 6. The molecule has 2 saturated heterocycles. The zero-order chi connectivity index (χ0) is 17.9. The second-order valence-corrected chi connectivity index (χ2v) is 7.27. The lowest BCUT2D eigenvalue weighted by Crippen LogP contribution is -2.41. The Labute approximate surface area is 155 Å². The molecular formula is C20H28N6. The van der Waals surface area contributed by atoms with Crippen LogP contribution in [-0.4, -0.2) is 72.2 Å². The van der Waals surface area contributed by atoms with Crippen LogP contribution < -0.4 is 4.90 Å². The number of rotatable bonds is 4. The van der Waals surface area contributed by atoms with Gasteiger partial charge in [0.2, 0.25) is 0 Å². The highest BCUT2D eigenvalue weighted by atomic mass is 15.5. The van der Waals surface area contributed by atoms with Crippen molar-refractivity contribution in [1.29, 1.82) is 0 Å². The Morgan fingerprint density at radius 2 is 1.65 bits per heavy atom. The van der Waals surface area contributed by atoms with Gasteiger partial charge in [0.15, 0.2) is 0 Å². The Kier molecular flexibility index (Phi) is 4.93. The summed E-state index contributed by atoms with van der Waals surface area (Å²) >= 11 is 0. The van der Waals surface area contributed by atoms with E-state index in [1.54, 1.807) is 0 Å². The van der Waals surface area contributed by atoms with E-state index in [1.165, 1.54) is 18.7 Å². The van der Waals surface area contributed by atoms with Crippen molar-refractivity contribution in [3.8, 4) is 5.69 Å². The molecule has 26 heavy (non-hydrogen) atoms. The summed E-state index contributed by atoms with van der Waals surface area (Å²) in [5, 5.41) is 11.8. The fourth-order valence-corrected chi connectivity index (χ4v) is 3.71. The van der Waals surface area contributed by atoms with Crippen LogP contribution in [0.4, 0.5) is 5.82 Å². The van der Waals surface area contributed by atoms with Crippen molar-refractivity contribution in [2.45, 2.75) is 19.8 Å². The van der Waals surface area contributed by atoms with E-state index in [2.05, 4.69) is 57.7 Å². The number of para-hydroxylation sites is 1. The molecular weight excluding hydrogens is 324 g/mol. The molecule has 0 bridgehead atoms. The maximum Gasteiger partial charge on any atom is 0.141 e. The SMILES string of the molecule is Cc1nn(-c2ccccc2)c(N2CCCC2)c1/C=N\N1CCN(C)CC1. The summed E-state index contributed by atoms with van der Waals surface area (Å²) in [4.78, 5) is 4.80. The van der Waals surface area contributed by atoms with Gasteiger partial charge >= 0.3 is 0 Å². The van der Waals surface area contributed by atoms with E-state index < -0.39 is 0 Å². The lowest BCUT2D eigenvalue weighted by Gasteiger charge is -2.30. The Bertz CT molecular complexity index is 752. The van der Waals surface area contributed by atoms with Gasteiger partial charge in [-0.05, 0) is 38.9 Å². The lowest BCUT2D eigenvalue weighted by atomic mass is 10.2. The van der Waals surface area contributed by atoms with Crippen molar-refractivity contribution in [1.82, 2.24) is 19.7 Å². The van der Waals surface area contributed by atoms with Gasteiger partial charge in [0.1, 0.15) is 5.82 Å². The first-order chi connectivity index (χ1) is 12.7. The second kappa shape index (κ2) is 7.50. The van der Waals surface area contributed by atoms with Gasteiger partial charge in [0, 0.05) is 39.3 Å². The molecule has 0 N–H and O–H groups in total. The van der Waals surface area contributed by atoms with Crippen molar-refractivity contribution in [3.05, 3.63) is 41.6 Å². The Morgan fingerprint density at radius 3 is 2.35 bits per heavy atom. The molecule has 4 rings (SSSR count). The summed E-state index contributed by atoms with van der Waals surface area (Å²) in [6.07, 6.45) is 4.52. The fraction of sp³-hybridized carbons (Fsp3) is 0.500. The first-order valence-electron chi connectivity index (χ1n) is 9.60. The van der Waals surface area contributed by atoms with Gasteiger partial charge in [-0.3, -0.25) is 5.01 Å². The molecule has 138 valence electrons. The summed E-state index contributed by atoms with van der Waals surface area (Å²) in [6, 6.07) is 10.4. The Balaban J connectivity index is 1.68. The van der Waals surface area contributed by atoms with E-state index in [0.717, 1.165) is 56.2 Å². The van der Waals surface area contributed by atoms with Crippen LogP contribution in [-0.2, 0) is 0 Å². The molecule has 2 fully saturated rings. The molecule has 0 radical (unpaired) electrons. The summed E-state index contributed by atoms with van der Waals surface area (Å²) in [7, 11) is 2.17. The molecule has 3 heterocycles. The van der Waals surface area contributed by atoms with Gasteiger partial charge in [0.25, 0.3) is 0 Å². The first-order valence-corrected chi connectivity index (χ1v) is 9.60. The zero-order valence-electron chi connectivity index (χ0n) is 15.8. The lowest BCUT2D eigenvalue weighted by molar-refractivity contribution is 0.159. The minimum atomic E-state index is 0.984. The number of aryl methyl sites for hydroxylation is 1. The van der Waals surface area contributed by atoms with Crippen molar-refractivity contribution >= 4 is 12.0 Å². The molecule has 6 nitrogen and oxygen atoms in total. The monoisotopic (exact) mass is 352 g/mol. The molecule has 2 aliphatic heterocycles. The normalized spacial score (nSPS) is 19.0. The average Bonchev–Trinajstić information content (AvgIpc) is 3.30. The average molecular weight is 352 g/mol. The number of hydrazone groups is 1. The molecule has 2 aromatic rings. The van der Waals surface area contributed by atoms with Gasteiger partial charge in [-0.2, -0.15) is 10.2 Å². The highest BCUT2D eigenvalue weighted by molar-refractivity contribution is 5.89. The first kappa shape index (κ1) is 17.1. The van der Waals surface area contributed by atoms with Gasteiger partial charge in [-0.1, -0.05) is 18.2 Å². The smallest absolute Gasteiger partial charge is 0.141 e. The third-order valence-electron chi connectivity index (χ3n) is 5.32. The van der Waals surface area contributed by atoms with Crippen molar-refractivity contribution in [2.24, 2.45) is 5.10 Å². The largest absolute Gasteiger partial charge is 0.356 e. The topological polar surface area (TPSA) is 39.9 Å². The van der Waals surface area contributed by atoms with Crippen LogP contribution in [0.25, 0.3) is 5.69 Å². The number of likely N-dealkylation sites (N-methyl/N-ethyl adjacent to an activating group) is 1. The van der Waals surface area contributed by atoms with Crippen molar-refractivity contribution in [2.75, 3.05) is 51.2 Å². The standard InChI is InChI=1S/C20H28N6/c1-17-19(16-21-25-14-12-23(2)13-15-25)20(24-10-6-7-11-24)26(22-17)18-8-4-3-5-9-18/h3-5,8-9,16H,6-7,10-15H2,1-2H3/b21-16-. The molecule has 0 atom stereocenters. The van der Waals surface area contributed by atoms with Gasteiger partial charge in [-0.25, -0.2) is 4.68 Å². The van der Waals surface area contributed by atoms with Gasteiger partial charge < -0.3 is 9.80 Å². The van der Waals surface area contributed by atoms with Crippen LogP contribution in [0.5, 0.6) is 0 Å². The molecule has 2 aliphatic rings. The summed E-state index contributed by atoms with van der Waals surface area (Å²) in [5.41, 5.74) is 3.29.